The second kappa shape index (κ2) is 12.0. The average molecular weight is 461 g/mol. The van der Waals surface area contributed by atoms with Gasteiger partial charge in [0, 0.05) is 5.39 Å². The lowest BCUT2D eigenvalue weighted by molar-refractivity contribution is -0.145. The molecule has 1 aromatic heterocycles. The van der Waals surface area contributed by atoms with Gasteiger partial charge in [0.15, 0.2) is 17.9 Å². The summed E-state index contributed by atoms with van der Waals surface area (Å²) in [6, 6.07) is 27.7. The number of hydrogen-bond acceptors (Lipinski definition) is 6. The van der Waals surface area contributed by atoms with Gasteiger partial charge < -0.3 is 23.4 Å². The van der Waals surface area contributed by atoms with E-state index in [1.165, 1.54) is 0 Å². The minimum Gasteiger partial charge on any atom is -0.478 e. The Kier molecular flexibility index (Phi) is 8.32. The largest absolute Gasteiger partial charge is 0.478 e. The third-order valence-electron chi connectivity index (χ3n) is 5.17. The summed E-state index contributed by atoms with van der Waals surface area (Å²) in [6.07, 6.45) is -0.156. The van der Waals surface area contributed by atoms with E-state index in [9.17, 15) is 4.79 Å². The lowest BCUT2D eigenvalue weighted by Gasteiger charge is -2.19. The van der Waals surface area contributed by atoms with Crippen LogP contribution in [0.25, 0.3) is 11.0 Å². The number of fused-ring (bicyclic) bond motifs is 1. The zero-order valence-electron chi connectivity index (χ0n) is 19.1. The number of carbonyl (C=O) groups is 1. The van der Waals surface area contributed by atoms with Gasteiger partial charge in [-0.25, -0.2) is 4.79 Å². The summed E-state index contributed by atoms with van der Waals surface area (Å²) in [5, 5.41) is 0.879. The first-order valence-electron chi connectivity index (χ1n) is 11.3. The predicted molar refractivity (Wildman–Crippen MR) is 129 cm³/mol. The van der Waals surface area contributed by atoms with Crippen molar-refractivity contribution in [2.45, 2.75) is 19.6 Å². The molecule has 0 aliphatic carbocycles. The molecule has 6 nitrogen and oxygen atoms in total. The molecule has 0 amide bonds. The van der Waals surface area contributed by atoms with E-state index in [1.807, 2.05) is 54.6 Å². The fourth-order valence-electron chi connectivity index (χ4n) is 3.65. The van der Waals surface area contributed by atoms with E-state index in [2.05, 4.69) is 24.3 Å². The van der Waals surface area contributed by atoms with Crippen molar-refractivity contribution >= 4 is 16.9 Å². The summed E-state index contributed by atoms with van der Waals surface area (Å²) in [6.45, 7) is 3.06. The molecule has 0 fully saturated rings. The third-order valence-corrected chi connectivity index (χ3v) is 5.17. The van der Waals surface area contributed by atoms with Gasteiger partial charge in [0.25, 0.3) is 0 Å². The zero-order chi connectivity index (χ0) is 23.6. The van der Waals surface area contributed by atoms with Gasteiger partial charge in [0.05, 0.1) is 19.8 Å². The number of ether oxygens (including phenoxy) is 4. The van der Waals surface area contributed by atoms with E-state index in [1.54, 1.807) is 13.0 Å². The smallest absolute Gasteiger partial charge is 0.344 e. The fourth-order valence-corrected chi connectivity index (χ4v) is 3.65. The summed E-state index contributed by atoms with van der Waals surface area (Å²) in [4.78, 5) is 11.6. The van der Waals surface area contributed by atoms with E-state index in [0.717, 1.165) is 16.5 Å². The maximum absolute atomic E-state index is 11.6. The molecule has 3 aromatic carbocycles. The van der Waals surface area contributed by atoms with Gasteiger partial charge in [-0.1, -0.05) is 72.8 Å². The first-order chi connectivity index (χ1) is 16.7. The molecule has 0 radical (unpaired) electrons. The van der Waals surface area contributed by atoms with E-state index < -0.39 is 5.97 Å². The summed E-state index contributed by atoms with van der Waals surface area (Å²) in [5.41, 5.74) is 2.78. The monoisotopic (exact) mass is 460 g/mol. The topological polar surface area (TPSA) is 67.1 Å². The minimum absolute atomic E-state index is 0.156. The van der Waals surface area contributed by atoms with Crippen LogP contribution < -0.4 is 4.74 Å². The Bertz CT molecular complexity index is 1130. The second-order valence-corrected chi connectivity index (χ2v) is 7.61. The molecular formula is C28H28O6. The highest BCUT2D eigenvalue weighted by Crippen LogP contribution is 2.29. The Morgan fingerprint density at radius 2 is 1.59 bits per heavy atom. The van der Waals surface area contributed by atoms with E-state index in [-0.39, 0.29) is 12.7 Å². The molecule has 0 bridgehead atoms. The molecule has 0 spiro atoms. The van der Waals surface area contributed by atoms with Crippen molar-refractivity contribution in [2.24, 2.45) is 0 Å². The molecule has 6 heteroatoms. The SMILES string of the molecule is CCOC(=O)COc1cccc2cc(COCCOC(c3ccccc3)c3ccccc3)oc12. The van der Waals surface area contributed by atoms with Gasteiger partial charge >= 0.3 is 5.97 Å². The molecule has 0 saturated heterocycles. The van der Waals surface area contributed by atoms with Crippen molar-refractivity contribution in [3.63, 3.8) is 0 Å². The number of furan rings is 1. The first-order valence-corrected chi connectivity index (χ1v) is 11.3. The second-order valence-electron chi connectivity index (χ2n) is 7.61. The number of esters is 1. The fraction of sp³-hybridized carbons (Fsp3) is 0.250. The lowest BCUT2D eigenvalue weighted by Crippen LogP contribution is -2.14. The van der Waals surface area contributed by atoms with Crippen LogP contribution in [-0.2, 0) is 25.6 Å². The molecule has 34 heavy (non-hydrogen) atoms. The highest BCUT2D eigenvalue weighted by Gasteiger charge is 2.15. The highest BCUT2D eigenvalue weighted by atomic mass is 16.6. The number of hydrogen-bond donors (Lipinski definition) is 0. The van der Waals surface area contributed by atoms with Crippen LogP contribution in [0.5, 0.6) is 5.75 Å². The van der Waals surface area contributed by atoms with Crippen LogP contribution in [0.1, 0.15) is 29.9 Å². The number of rotatable bonds is 12. The van der Waals surface area contributed by atoms with Gasteiger partial charge in [-0.15, -0.1) is 0 Å². The Morgan fingerprint density at radius 1 is 0.882 bits per heavy atom. The summed E-state index contributed by atoms with van der Waals surface area (Å²) in [7, 11) is 0. The zero-order valence-corrected chi connectivity index (χ0v) is 19.1. The van der Waals surface area contributed by atoms with E-state index >= 15 is 0 Å². The summed E-state index contributed by atoms with van der Waals surface area (Å²) >= 11 is 0. The maximum atomic E-state index is 11.6. The van der Waals surface area contributed by atoms with Crippen LogP contribution in [0.2, 0.25) is 0 Å². The van der Waals surface area contributed by atoms with Crippen molar-refractivity contribution in [3.8, 4) is 5.75 Å². The molecule has 176 valence electrons. The standard InChI is InChI=1S/C28H28O6/c1-2-31-26(29)20-33-25-15-9-14-23-18-24(34-28(23)25)19-30-16-17-32-27(21-10-5-3-6-11-21)22-12-7-4-8-13-22/h3-15,18,27H,2,16-17,19-20H2,1H3. The third kappa shape index (κ3) is 6.25. The Hall–Kier alpha value is -3.61. The van der Waals surface area contributed by atoms with Crippen LogP contribution in [0.3, 0.4) is 0 Å². The van der Waals surface area contributed by atoms with Gasteiger partial charge in [-0.3, -0.25) is 0 Å². The van der Waals surface area contributed by atoms with E-state index in [0.29, 0.717) is 43.5 Å². The van der Waals surface area contributed by atoms with Crippen molar-refractivity contribution in [1.82, 2.24) is 0 Å². The molecular weight excluding hydrogens is 432 g/mol. The molecule has 0 saturated carbocycles. The minimum atomic E-state index is -0.418. The Balaban J connectivity index is 1.31. The van der Waals surface area contributed by atoms with Crippen LogP contribution >= 0.6 is 0 Å². The summed E-state index contributed by atoms with van der Waals surface area (Å²) < 4.78 is 28.4. The van der Waals surface area contributed by atoms with Crippen LogP contribution in [0, 0.1) is 0 Å². The lowest BCUT2D eigenvalue weighted by atomic mass is 10.0. The molecule has 4 aromatic rings. The molecule has 1 heterocycles. The van der Waals surface area contributed by atoms with Gasteiger partial charge in [-0.2, -0.15) is 0 Å². The normalized spacial score (nSPS) is 11.1. The first kappa shape index (κ1) is 23.5. The Labute approximate surface area is 199 Å². The van der Waals surface area contributed by atoms with Crippen molar-refractivity contribution in [2.75, 3.05) is 26.4 Å². The molecule has 0 N–H and O–H groups in total. The average Bonchev–Trinajstić information content (AvgIpc) is 3.30. The van der Waals surface area contributed by atoms with Crippen LogP contribution in [-0.4, -0.2) is 32.4 Å². The molecule has 0 aliphatic heterocycles. The molecule has 0 unspecified atom stereocenters. The Morgan fingerprint density at radius 3 is 2.26 bits per heavy atom. The van der Waals surface area contributed by atoms with Crippen molar-refractivity contribution in [1.29, 1.82) is 0 Å². The van der Waals surface area contributed by atoms with Gasteiger partial charge in [0.1, 0.15) is 18.5 Å². The number of carbonyl (C=O) groups excluding carboxylic acids is 1. The number of benzene rings is 3. The number of para-hydroxylation sites is 1. The quantitative estimate of drug-likeness (QED) is 0.200. The van der Waals surface area contributed by atoms with Crippen molar-refractivity contribution in [3.05, 3.63) is 102 Å². The van der Waals surface area contributed by atoms with Crippen molar-refractivity contribution < 1.29 is 28.2 Å². The highest BCUT2D eigenvalue weighted by molar-refractivity contribution is 5.84. The maximum Gasteiger partial charge on any atom is 0.344 e. The summed E-state index contributed by atoms with van der Waals surface area (Å²) in [5.74, 6) is 0.748. The molecule has 4 rings (SSSR count). The molecule has 0 aliphatic rings. The van der Waals surface area contributed by atoms with Gasteiger partial charge in [-0.05, 0) is 30.2 Å². The predicted octanol–water partition coefficient (Wildman–Crippen LogP) is 5.70. The van der Waals surface area contributed by atoms with Crippen LogP contribution in [0.15, 0.2) is 89.3 Å². The van der Waals surface area contributed by atoms with Crippen LogP contribution in [0.4, 0.5) is 0 Å². The van der Waals surface area contributed by atoms with Gasteiger partial charge in [0.2, 0.25) is 0 Å². The molecule has 0 atom stereocenters. The van der Waals surface area contributed by atoms with E-state index in [4.69, 9.17) is 23.4 Å².